The molecule has 0 radical (unpaired) electrons. The third-order valence-corrected chi connectivity index (χ3v) is 0.814. The quantitative estimate of drug-likeness (QED) is 0.270. The van der Waals surface area contributed by atoms with E-state index in [4.69, 9.17) is 0 Å². The SMILES string of the molecule is C1=COS[NH2+]1.[Cl-]. The van der Waals surface area contributed by atoms with Crippen LogP contribution in [0, 0.1) is 0 Å². The van der Waals surface area contributed by atoms with Crippen LogP contribution >= 0.6 is 12.2 Å². The van der Waals surface area contributed by atoms with Crippen molar-refractivity contribution in [1.82, 2.24) is 0 Å². The van der Waals surface area contributed by atoms with Gasteiger partial charge in [0.2, 0.25) is 0 Å². The summed E-state index contributed by atoms with van der Waals surface area (Å²) in [6.07, 6.45) is 3.50. The topological polar surface area (TPSA) is 25.8 Å². The number of quaternary nitrogens is 1. The first kappa shape index (κ1) is 6.14. The van der Waals surface area contributed by atoms with Gasteiger partial charge in [-0.2, -0.15) is 0 Å². The molecule has 1 heterocycles. The minimum atomic E-state index is 0. The Labute approximate surface area is 46.7 Å². The van der Waals surface area contributed by atoms with Gasteiger partial charge in [0.1, 0.15) is 6.20 Å². The molecule has 0 amide bonds. The zero-order chi connectivity index (χ0) is 3.54. The molecule has 4 heteroatoms. The molecule has 0 aromatic rings. The van der Waals surface area contributed by atoms with Gasteiger partial charge in [-0.1, -0.05) is 0 Å². The minimum Gasteiger partial charge on any atom is -1.00 e. The predicted octanol–water partition coefficient (Wildman–Crippen LogP) is -3.38. The Hall–Kier alpha value is 0.140. The molecule has 6 heavy (non-hydrogen) atoms. The van der Waals surface area contributed by atoms with Crippen molar-refractivity contribution in [2.75, 3.05) is 0 Å². The van der Waals surface area contributed by atoms with E-state index < -0.39 is 0 Å². The van der Waals surface area contributed by atoms with Crippen LogP contribution < -0.4 is 17.1 Å². The average molecular weight is 126 g/mol. The number of rotatable bonds is 0. The van der Waals surface area contributed by atoms with Crippen LogP contribution in [0.2, 0.25) is 0 Å². The van der Waals surface area contributed by atoms with E-state index in [-0.39, 0.29) is 12.4 Å². The van der Waals surface area contributed by atoms with Gasteiger partial charge in [0.25, 0.3) is 0 Å². The number of hydrogen-bond acceptors (Lipinski definition) is 2. The molecule has 0 saturated carbocycles. The van der Waals surface area contributed by atoms with Gasteiger partial charge in [0, 0.05) is 0 Å². The fraction of sp³-hybridized carbons (Fsp3) is 0. The first-order valence-electron chi connectivity index (χ1n) is 1.30. The second-order valence-corrected chi connectivity index (χ2v) is 1.31. The molecule has 0 fully saturated rings. The smallest absolute Gasteiger partial charge is 0.314 e. The summed E-state index contributed by atoms with van der Waals surface area (Å²) in [5.41, 5.74) is 0. The van der Waals surface area contributed by atoms with Gasteiger partial charge in [-0.3, -0.25) is 0 Å². The van der Waals surface area contributed by atoms with Crippen molar-refractivity contribution in [3.05, 3.63) is 12.5 Å². The highest BCUT2D eigenvalue weighted by atomic mass is 35.5. The first-order valence-corrected chi connectivity index (χ1v) is 2.11. The maximum absolute atomic E-state index is 4.62. The maximum atomic E-state index is 4.62. The molecular weight excluding hydrogens is 122 g/mol. The van der Waals surface area contributed by atoms with Crippen molar-refractivity contribution in [3.63, 3.8) is 0 Å². The molecule has 0 unspecified atom stereocenters. The lowest BCUT2D eigenvalue weighted by molar-refractivity contribution is -0.395. The summed E-state index contributed by atoms with van der Waals surface area (Å²) in [6, 6.07) is 0. The van der Waals surface area contributed by atoms with Gasteiger partial charge < -0.3 is 16.6 Å². The van der Waals surface area contributed by atoms with Crippen LogP contribution in [0.15, 0.2) is 12.5 Å². The zero-order valence-corrected chi connectivity index (χ0v) is 4.50. The van der Waals surface area contributed by atoms with Gasteiger partial charge in [-0.05, 0) is 0 Å². The Balaban J connectivity index is 0.000000250. The second-order valence-electron chi connectivity index (χ2n) is 0.657. The summed E-state index contributed by atoms with van der Waals surface area (Å²) in [5.74, 6) is 0. The molecule has 0 aromatic heterocycles. The molecule has 0 aromatic carbocycles. The Bertz CT molecular complexity index is 51.5. The third-order valence-electron chi connectivity index (χ3n) is 0.324. The monoisotopic (exact) mass is 125 g/mol. The van der Waals surface area contributed by atoms with Crippen LogP contribution in [-0.2, 0) is 4.18 Å². The largest absolute Gasteiger partial charge is 1.00 e. The van der Waals surface area contributed by atoms with E-state index in [0.29, 0.717) is 0 Å². The molecule has 0 spiro atoms. The Kier molecular flexibility index (Phi) is 3.41. The summed E-state index contributed by atoms with van der Waals surface area (Å²) in [4.78, 5) is 0. The molecule has 1 rings (SSSR count). The highest BCUT2D eigenvalue weighted by Crippen LogP contribution is 1.90. The normalized spacial score (nSPS) is 16.0. The van der Waals surface area contributed by atoms with Crippen LogP contribution in [0.4, 0.5) is 0 Å². The van der Waals surface area contributed by atoms with Crippen molar-refractivity contribution in [1.29, 1.82) is 0 Å². The summed E-state index contributed by atoms with van der Waals surface area (Å²) >= 11 is 1.34. The molecule has 0 saturated heterocycles. The van der Waals surface area contributed by atoms with Gasteiger partial charge in [0.15, 0.2) is 6.26 Å². The predicted molar refractivity (Wildman–Crippen MR) is 19.7 cm³/mol. The maximum Gasteiger partial charge on any atom is 0.314 e. The standard InChI is InChI=1S/C2H3NOS.ClH/c1-2-4-5-3-1;/h1-3H;1H. The molecule has 2 N–H and O–H groups in total. The lowest BCUT2D eigenvalue weighted by Crippen LogP contribution is -3.00. The van der Waals surface area contributed by atoms with E-state index >= 15 is 0 Å². The average Bonchev–Trinajstić information content (AvgIpc) is 1.76. The van der Waals surface area contributed by atoms with Gasteiger partial charge >= 0.3 is 12.2 Å². The van der Waals surface area contributed by atoms with Crippen molar-refractivity contribution < 1.29 is 21.3 Å². The molecule has 36 valence electrons. The molecule has 1 aliphatic heterocycles. The second kappa shape index (κ2) is 3.33. The van der Waals surface area contributed by atoms with E-state index in [9.17, 15) is 0 Å². The van der Waals surface area contributed by atoms with Crippen LogP contribution in [-0.4, -0.2) is 0 Å². The van der Waals surface area contributed by atoms with Gasteiger partial charge in [-0.15, -0.1) is 0 Å². The van der Waals surface area contributed by atoms with Crippen LogP contribution in [0.1, 0.15) is 0 Å². The Morgan fingerprint density at radius 1 is 1.67 bits per heavy atom. The molecule has 0 bridgehead atoms. The van der Waals surface area contributed by atoms with Gasteiger partial charge in [0.05, 0.1) is 0 Å². The summed E-state index contributed by atoms with van der Waals surface area (Å²) in [5, 5.41) is 0. The van der Waals surface area contributed by atoms with E-state index in [1.807, 2.05) is 10.9 Å². The lowest BCUT2D eigenvalue weighted by Gasteiger charge is -1.70. The molecule has 0 atom stereocenters. The highest BCUT2D eigenvalue weighted by molar-refractivity contribution is 7.88. The van der Waals surface area contributed by atoms with E-state index in [1.165, 1.54) is 12.2 Å². The third kappa shape index (κ3) is 1.55. The molecule has 0 aliphatic carbocycles. The Morgan fingerprint density at radius 2 is 2.50 bits per heavy atom. The minimum absolute atomic E-state index is 0. The van der Waals surface area contributed by atoms with Crippen molar-refractivity contribution in [2.45, 2.75) is 0 Å². The van der Waals surface area contributed by atoms with Crippen LogP contribution in [0.3, 0.4) is 0 Å². The number of hydrogen-bond donors (Lipinski definition) is 1. The van der Waals surface area contributed by atoms with E-state index in [1.54, 1.807) is 6.26 Å². The van der Waals surface area contributed by atoms with Crippen LogP contribution in [0.5, 0.6) is 0 Å². The number of nitrogens with two attached hydrogens (primary N) is 1. The summed E-state index contributed by atoms with van der Waals surface area (Å²) in [7, 11) is 0. The molecule has 1 aliphatic rings. The van der Waals surface area contributed by atoms with E-state index in [0.717, 1.165) is 0 Å². The van der Waals surface area contributed by atoms with E-state index in [2.05, 4.69) is 4.18 Å². The summed E-state index contributed by atoms with van der Waals surface area (Å²) < 4.78 is 6.50. The fourth-order valence-electron chi connectivity index (χ4n) is 0.160. The van der Waals surface area contributed by atoms with Crippen molar-refractivity contribution in [2.24, 2.45) is 0 Å². The fourth-order valence-corrected chi connectivity index (χ4v) is 0.481. The molecule has 2 nitrogen and oxygen atoms in total. The Morgan fingerprint density at radius 3 is 2.67 bits per heavy atom. The highest BCUT2D eigenvalue weighted by Gasteiger charge is 1.91. The lowest BCUT2D eigenvalue weighted by atomic mass is 11.0. The van der Waals surface area contributed by atoms with Crippen molar-refractivity contribution >= 4 is 12.2 Å². The van der Waals surface area contributed by atoms with Gasteiger partial charge in [-0.25, -0.2) is 4.72 Å². The summed E-state index contributed by atoms with van der Waals surface area (Å²) in [6.45, 7) is 0. The van der Waals surface area contributed by atoms with Crippen molar-refractivity contribution in [3.8, 4) is 0 Å². The molecular formula is C2H4ClNOS. The first-order chi connectivity index (χ1) is 2.50. The zero-order valence-electron chi connectivity index (χ0n) is 2.93. The van der Waals surface area contributed by atoms with Crippen LogP contribution in [0.25, 0.3) is 0 Å². The number of halogens is 1.